The van der Waals surface area contributed by atoms with Gasteiger partial charge in [0.05, 0.1) is 5.92 Å². The second-order valence-electron chi connectivity index (χ2n) is 6.97. The maximum absolute atomic E-state index is 12.7. The molecular weight excluding hydrogens is 332 g/mol. The van der Waals surface area contributed by atoms with Crippen molar-refractivity contribution in [3.05, 3.63) is 64.2 Å². The molecule has 0 aromatic heterocycles. The Bertz CT molecular complexity index is 759. The molecule has 0 aliphatic carbocycles. The van der Waals surface area contributed by atoms with E-state index in [0.29, 0.717) is 0 Å². The number of amides is 1. The number of carbonyl (C=O) groups excluding carboxylic acids is 1. The van der Waals surface area contributed by atoms with E-state index in [1.807, 2.05) is 38.1 Å². The molecule has 132 valence electrons. The minimum atomic E-state index is 0.0242. The Kier molecular flexibility index (Phi) is 5.77. The highest BCUT2D eigenvalue weighted by atomic mass is 35.5. The number of hydrogen-bond donors (Lipinski definition) is 1. The molecule has 0 spiro atoms. The molecule has 0 unspecified atom stereocenters. The summed E-state index contributed by atoms with van der Waals surface area (Å²) in [5, 5.41) is 3.92. The smallest absolute Gasteiger partial charge is 0.228 e. The number of piperidine rings is 1. The standard InChI is InChI=1S/C21H25ClN2O/c1-15-9-10-16(2)20(12-15)23-21(25)18-7-5-11-24(14-18)13-17-6-3-4-8-19(17)22/h3-4,6,8-10,12,18H,5,7,11,13-14H2,1-2H3,(H,23,25)/t18-/m0/s1. The van der Waals surface area contributed by atoms with E-state index in [0.717, 1.165) is 59.9 Å². The van der Waals surface area contributed by atoms with E-state index >= 15 is 0 Å². The molecule has 2 aromatic rings. The fraction of sp³-hybridized carbons (Fsp3) is 0.381. The summed E-state index contributed by atoms with van der Waals surface area (Å²) in [7, 11) is 0. The summed E-state index contributed by atoms with van der Waals surface area (Å²) < 4.78 is 0. The summed E-state index contributed by atoms with van der Waals surface area (Å²) in [5.41, 5.74) is 4.31. The van der Waals surface area contributed by atoms with Gasteiger partial charge in [-0.05, 0) is 62.1 Å². The lowest BCUT2D eigenvalue weighted by atomic mass is 9.96. The molecule has 1 amide bonds. The number of benzene rings is 2. The highest BCUT2D eigenvalue weighted by Crippen LogP contribution is 2.24. The lowest BCUT2D eigenvalue weighted by Crippen LogP contribution is -2.40. The number of halogens is 1. The molecule has 1 saturated heterocycles. The van der Waals surface area contributed by atoms with Crippen LogP contribution in [0.1, 0.15) is 29.5 Å². The zero-order valence-corrected chi connectivity index (χ0v) is 15.6. The Morgan fingerprint density at radius 3 is 2.84 bits per heavy atom. The molecule has 0 radical (unpaired) electrons. The molecule has 2 aromatic carbocycles. The van der Waals surface area contributed by atoms with Crippen LogP contribution < -0.4 is 5.32 Å². The summed E-state index contributed by atoms with van der Waals surface area (Å²) >= 11 is 6.28. The highest BCUT2D eigenvalue weighted by molar-refractivity contribution is 6.31. The molecule has 1 fully saturated rings. The summed E-state index contributed by atoms with van der Waals surface area (Å²) in [6, 6.07) is 14.1. The Labute approximate surface area is 155 Å². The minimum absolute atomic E-state index is 0.0242. The van der Waals surface area contributed by atoms with Gasteiger partial charge in [0.15, 0.2) is 0 Å². The van der Waals surface area contributed by atoms with E-state index in [4.69, 9.17) is 11.6 Å². The zero-order chi connectivity index (χ0) is 17.8. The zero-order valence-electron chi connectivity index (χ0n) is 14.9. The number of nitrogens with zero attached hydrogens (tertiary/aromatic N) is 1. The van der Waals surface area contributed by atoms with Crippen molar-refractivity contribution in [1.29, 1.82) is 0 Å². The third-order valence-corrected chi connectivity index (χ3v) is 5.25. The van der Waals surface area contributed by atoms with E-state index < -0.39 is 0 Å². The Morgan fingerprint density at radius 1 is 1.24 bits per heavy atom. The molecular formula is C21H25ClN2O. The monoisotopic (exact) mass is 356 g/mol. The number of hydrogen-bond acceptors (Lipinski definition) is 2. The van der Waals surface area contributed by atoms with Crippen molar-refractivity contribution in [3.8, 4) is 0 Å². The van der Waals surface area contributed by atoms with E-state index in [-0.39, 0.29) is 11.8 Å². The molecule has 1 N–H and O–H groups in total. The van der Waals surface area contributed by atoms with Crippen molar-refractivity contribution in [2.45, 2.75) is 33.2 Å². The Balaban J connectivity index is 1.63. The molecule has 3 rings (SSSR count). The molecule has 1 aliphatic rings. The first-order valence-electron chi connectivity index (χ1n) is 8.87. The summed E-state index contributed by atoms with van der Waals surface area (Å²) in [4.78, 5) is 15.1. The van der Waals surface area contributed by atoms with Crippen molar-refractivity contribution in [2.24, 2.45) is 5.92 Å². The molecule has 4 heteroatoms. The number of likely N-dealkylation sites (tertiary alicyclic amines) is 1. The van der Waals surface area contributed by atoms with Gasteiger partial charge in [-0.2, -0.15) is 0 Å². The first-order chi connectivity index (χ1) is 12.0. The highest BCUT2D eigenvalue weighted by Gasteiger charge is 2.26. The van der Waals surface area contributed by atoms with Gasteiger partial charge in [-0.25, -0.2) is 0 Å². The van der Waals surface area contributed by atoms with Crippen LogP contribution in [0.2, 0.25) is 5.02 Å². The van der Waals surface area contributed by atoms with Gasteiger partial charge in [0.25, 0.3) is 0 Å². The molecule has 25 heavy (non-hydrogen) atoms. The molecule has 1 atom stereocenters. The SMILES string of the molecule is Cc1ccc(C)c(NC(=O)[C@H]2CCCN(Cc3ccccc3Cl)C2)c1. The number of aryl methyl sites for hydroxylation is 2. The minimum Gasteiger partial charge on any atom is -0.326 e. The second-order valence-corrected chi connectivity index (χ2v) is 7.38. The number of rotatable bonds is 4. The van der Waals surface area contributed by atoms with Gasteiger partial charge in [0, 0.05) is 23.8 Å². The van der Waals surface area contributed by atoms with Crippen LogP contribution in [0.15, 0.2) is 42.5 Å². The predicted octanol–water partition coefficient (Wildman–Crippen LogP) is 4.81. The lowest BCUT2D eigenvalue weighted by molar-refractivity contribution is -0.121. The van der Waals surface area contributed by atoms with Crippen LogP contribution in [0.5, 0.6) is 0 Å². The fourth-order valence-electron chi connectivity index (χ4n) is 3.39. The van der Waals surface area contributed by atoms with Gasteiger partial charge in [0.2, 0.25) is 5.91 Å². The van der Waals surface area contributed by atoms with Crippen molar-refractivity contribution in [2.75, 3.05) is 18.4 Å². The fourth-order valence-corrected chi connectivity index (χ4v) is 3.58. The quantitative estimate of drug-likeness (QED) is 0.852. The van der Waals surface area contributed by atoms with Crippen molar-refractivity contribution in [1.82, 2.24) is 4.90 Å². The van der Waals surface area contributed by atoms with Crippen LogP contribution in [-0.2, 0) is 11.3 Å². The van der Waals surface area contributed by atoms with E-state index in [1.165, 1.54) is 0 Å². The van der Waals surface area contributed by atoms with Crippen molar-refractivity contribution >= 4 is 23.2 Å². The Morgan fingerprint density at radius 2 is 2.04 bits per heavy atom. The van der Waals surface area contributed by atoms with Crippen LogP contribution in [0.25, 0.3) is 0 Å². The number of carbonyl (C=O) groups is 1. The topological polar surface area (TPSA) is 32.3 Å². The van der Waals surface area contributed by atoms with Gasteiger partial charge in [-0.15, -0.1) is 0 Å². The molecule has 1 aliphatic heterocycles. The first kappa shape index (κ1) is 18.0. The third-order valence-electron chi connectivity index (χ3n) is 4.88. The number of nitrogens with one attached hydrogen (secondary N) is 1. The van der Waals surface area contributed by atoms with E-state index in [1.54, 1.807) is 0 Å². The summed E-state index contributed by atoms with van der Waals surface area (Å²) in [5.74, 6) is 0.147. The van der Waals surface area contributed by atoms with E-state index in [2.05, 4.69) is 28.4 Å². The van der Waals surface area contributed by atoms with E-state index in [9.17, 15) is 4.79 Å². The normalized spacial score (nSPS) is 18.1. The average molecular weight is 357 g/mol. The van der Waals surface area contributed by atoms with Gasteiger partial charge in [-0.3, -0.25) is 9.69 Å². The van der Waals surface area contributed by atoms with Crippen molar-refractivity contribution in [3.63, 3.8) is 0 Å². The largest absolute Gasteiger partial charge is 0.326 e. The summed E-state index contributed by atoms with van der Waals surface area (Å²) in [6.45, 7) is 6.66. The lowest BCUT2D eigenvalue weighted by Gasteiger charge is -2.32. The number of anilines is 1. The predicted molar refractivity (Wildman–Crippen MR) is 104 cm³/mol. The third kappa shape index (κ3) is 4.62. The van der Waals surface area contributed by atoms with Gasteiger partial charge in [0.1, 0.15) is 0 Å². The second kappa shape index (κ2) is 8.03. The van der Waals surface area contributed by atoms with Crippen LogP contribution >= 0.6 is 11.6 Å². The Hall–Kier alpha value is -1.84. The maximum Gasteiger partial charge on any atom is 0.228 e. The first-order valence-corrected chi connectivity index (χ1v) is 9.24. The summed E-state index contributed by atoms with van der Waals surface area (Å²) in [6.07, 6.45) is 1.98. The van der Waals surface area contributed by atoms with Gasteiger partial charge >= 0.3 is 0 Å². The molecule has 0 bridgehead atoms. The van der Waals surface area contributed by atoms with Crippen LogP contribution in [0, 0.1) is 19.8 Å². The molecule has 0 saturated carbocycles. The maximum atomic E-state index is 12.7. The van der Waals surface area contributed by atoms with Gasteiger partial charge in [-0.1, -0.05) is 41.9 Å². The van der Waals surface area contributed by atoms with Crippen LogP contribution in [0.3, 0.4) is 0 Å². The molecule has 1 heterocycles. The molecule has 3 nitrogen and oxygen atoms in total. The van der Waals surface area contributed by atoms with Gasteiger partial charge < -0.3 is 5.32 Å². The van der Waals surface area contributed by atoms with Crippen molar-refractivity contribution < 1.29 is 4.79 Å². The van der Waals surface area contributed by atoms with Crippen LogP contribution in [0.4, 0.5) is 5.69 Å². The van der Waals surface area contributed by atoms with Crippen LogP contribution in [-0.4, -0.2) is 23.9 Å². The average Bonchev–Trinajstić information content (AvgIpc) is 2.60.